The van der Waals surface area contributed by atoms with E-state index in [2.05, 4.69) is 16.0 Å². The van der Waals surface area contributed by atoms with Crippen LogP contribution in [0, 0.1) is 0 Å². The molecule has 0 fully saturated rings. The second-order valence-electron chi connectivity index (χ2n) is 6.22. The summed E-state index contributed by atoms with van der Waals surface area (Å²) >= 11 is 1.32. The number of carbonyl (C=O) groups is 3. The number of hydrogen-bond donors (Lipinski definition) is 3. The van der Waals surface area contributed by atoms with Gasteiger partial charge in [-0.25, -0.2) is 0 Å². The Morgan fingerprint density at radius 3 is 2.30 bits per heavy atom. The highest BCUT2D eigenvalue weighted by molar-refractivity contribution is 8.00. The highest BCUT2D eigenvalue weighted by Crippen LogP contribution is 2.24. The van der Waals surface area contributed by atoms with Crippen molar-refractivity contribution in [3.8, 4) is 0 Å². The van der Waals surface area contributed by atoms with E-state index in [1.165, 1.54) is 18.7 Å². The fraction of sp³-hybridized carbons (Fsp3) is 0.250. The Labute approximate surface area is 163 Å². The molecule has 0 saturated heterocycles. The molecule has 27 heavy (non-hydrogen) atoms. The van der Waals surface area contributed by atoms with Crippen molar-refractivity contribution >= 4 is 40.9 Å². The molecule has 2 rings (SSSR count). The summed E-state index contributed by atoms with van der Waals surface area (Å²) in [6, 6.07) is 14.1. The largest absolute Gasteiger partial charge is 0.353 e. The third kappa shape index (κ3) is 6.79. The summed E-state index contributed by atoms with van der Waals surface area (Å²) in [5.41, 5.74) is 1.67. The van der Waals surface area contributed by atoms with Crippen LogP contribution in [0.3, 0.4) is 0 Å². The van der Waals surface area contributed by atoms with E-state index in [-0.39, 0.29) is 29.5 Å². The molecule has 0 aliphatic carbocycles. The maximum absolute atomic E-state index is 12.7. The van der Waals surface area contributed by atoms with E-state index >= 15 is 0 Å². The first-order valence-corrected chi connectivity index (χ1v) is 9.54. The van der Waals surface area contributed by atoms with Crippen molar-refractivity contribution in [3.05, 3.63) is 54.1 Å². The van der Waals surface area contributed by atoms with Gasteiger partial charge in [0.25, 0.3) is 5.91 Å². The molecule has 3 amide bonds. The Morgan fingerprint density at radius 1 is 0.963 bits per heavy atom. The molecule has 0 atom stereocenters. The zero-order valence-electron chi connectivity index (χ0n) is 15.5. The maximum Gasteiger partial charge on any atom is 0.256 e. The summed E-state index contributed by atoms with van der Waals surface area (Å²) in [4.78, 5) is 36.4. The van der Waals surface area contributed by atoms with E-state index in [1.807, 2.05) is 26.0 Å². The Kier molecular flexibility index (Phi) is 7.43. The molecule has 0 aromatic heterocycles. The number of anilines is 2. The molecule has 0 bridgehead atoms. The average Bonchev–Trinajstić information content (AvgIpc) is 2.59. The Hall–Kier alpha value is -2.80. The Balaban J connectivity index is 2.08. The molecule has 6 nitrogen and oxygen atoms in total. The van der Waals surface area contributed by atoms with Gasteiger partial charge in [0.2, 0.25) is 11.8 Å². The predicted molar refractivity (Wildman–Crippen MR) is 109 cm³/mol. The van der Waals surface area contributed by atoms with Crippen LogP contribution in [0.2, 0.25) is 0 Å². The zero-order valence-corrected chi connectivity index (χ0v) is 16.4. The van der Waals surface area contributed by atoms with Gasteiger partial charge in [-0.15, -0.1) is 11.8 Å². The molecular weight excluding hydrogens is 362 g/mol. The lowest BCUT2D eigenvalue weighted by molar-refractivity contribution is -0.119. The lowest BCUT2D eigenvalue weighted by Crippen LogP contribution is -2.31. The van der Waals surface area contributed by atoms with E-state index in [0.717, 1.165) is 4.90 Å². The maximum atomic E-state index is 12.7. The fourth-order valence-electron chi connectivity index (χ4n) is 2.36. The summed E-state index contributed by atoms with van der Waals surface area (Å²) < 4.78 is 0. The van der Waals surface area contributed by atoms with Crippen LogP contribution in [0.4, 0.5) is 11.4 Å². The van der Waals surface area contributed by atoms with Gasteiger partial charge >= 0.3 is 0 Å². The van der Waals surface area contributed by atoms with Crippen molar-refractivity contribution in [2.45, 2.75) is 31.7 Å². The van der Waals surface area contributed by atoms with Crippen LogP contribution in [0.1, 0.15) is 31.1 Å². The monoisotopic (exact) mass is 385 g/mol. The van der Waals surface area contributed by atoms with Gasteiger partial charge in [0.15, 0.2) is 0 Å². The Bertz CT molecular complexity index is 837. The normalized spacial score (nSPS) is 10.4. The average molecular weight is 385 g/mol. The summed E-state index contributed by atoms with van der Waals surface area (Å²) in [6.45, 7) is 5.23. The molecule has 3 N–H and O–H groups in total. The van der Waals surface area contributed by atoms with Crippen molar-refractivity contribution in [1.82, 2.24) is 5.32 Å². The van der Waals surface area contributed by atoms with Crippen molar-refractivity contribution in [2.24, 2.45) is 0 Å². The van der Waals surface area contributed by atoms with Crippen LogP contribution in [0.25, 0.3) is 0 Å². The molecule has 0 spiro atoms. The molecule has 0 aliphatic rings. The molecule has 0 saturated carbocycles. The number of thioether (sulfide) groups is 1. The van der Waals surface area contributed by atoms with Gasteiger partial charge in [-0.3, -0.25) is 14.4 Å². The molecule has 142 valence electrons. The molecule has 0 heterocycles. The smallest absolute Gasteiger partial charge is 0.256 e. The number of amides is 3. The molecular formula is C20H23N3O3S. The lowest BCUT2D eigenvalue weighted by atomic mass is 10.2. The molecule has 2 aromatic carbocycles. The van der Waals surface area contributed by atoms with Crippen LogP contribution in [0.15, 0.2) is 53.4 Å². The van der Waals surface area contributed by atoms with Gasteiger partial charge in [-0.2, -0.15) is 0 Å². The minimum Gasteiger partial charge on any atom is -0.353 e. The fourth-order valence-corrected chi connectivity index (χ4v) is 3.22. The Morgan fingerprint density at radius 2 is 1.63 bits per heavy atom. The van der Waals surface area contributed by atoms with Crippen molar-refractivity contribution in [1.29, 1.82) is 0 Å². The van der Waals surface area contributed by atoms with Gasteiger partial charge in [-0.1, -0.05) is 18.2 Å². The molecule has 0 radical (unpaired) electrons. The van der Waals surface area contributed by atoms with Crippen LogP contribution in [-0.4, -0.2) is 29.5 Å². The van der Waals surface area contributed by atoms with Gasteiger partial charge in [0.05, 0.1) is 11.3 Å². The molecule has 0 unspecified atom stereocenters. The summed E-state index contributed by atoms with van der Waals surface area (Å²) in [5, 5.41) is 8.34. The van der Waals surface area contributed by atoms with Crippen molar-refractivity contribution < 1.29 is 14.4 Å². The number of hydrogen-bond acceptors (Lipinski definition) is 4. The first-order chi connectivity index (χ1) is 12.8. The van der Waals surface area contributed by atoms with Gasteiger partial charge in [0, 0.05) is 29.2 Å². The number of benzene rings is 2. The van der Waals surface area contributed by atoms with Crippen LogP contribution in [-0.2, 0) is 9.59 Å². The highest BCUT2D eigenvalue weighted by Gasteiger charge is 2.13. The molecule has 0 aliphatic heterocycles. The minimum absolute atomic E-state index is 0.0757. The van der Waals surface area contributed by atoms with E-state index in [1.54, 1.807) is 36.4 Å². The van der Waals surface area contributed by atoms with E-state index in [4.69, 9.17) is 0 Å². The third-order valence-corrected chi connectivity index (χ3v) is 4.45. The zero-order chi connectivity index (χ0) is 19.8. The number of nitrogens with one attached hydrogen (secondary N) is 3. The van der Waals surface area contributed by atoms with Gasteiger partial charge < -0.3 is 16.0 Å². The quantitative estimate of drug-likeness (QED) is 0.637. The second-order valence-corrected chi connectivity index (χ2v) is 7.24. The topological polar surface area (TPSA) is 87.3 Å². The van der Waals surface area contributed by atoms with Crippen LogP contribution >= 0.6 is 11.8 Å². The lowest BCUT2D eigenvalue weighted by Gasteiger charge is -2.12. The first-order valence-electron chi connectivity index (χ1n) is 8.55. The number of rotatable bonds is 7. The van der Waals surface area contributed by atoms with Gasteiger partial charge in [0.1, 0.15) is 0 Å². The second kappa shape index (κ2) is 9.78. The van der Waals surface area contributed by atoms with E-state index < -0.39 is 0 Å². The summed E-state index contributed by atoms with van der Waals surface area (Å²) in [5.74, 6) is -0.295. The first kappa shape index (κ1) is 20.5. The highest BCUT2D eigenvalue weighted by atomic mass is 32.2. The van der Waals surface area contributed by atoms with E-state index in [9.17, 15) is 14.4 Å². The van der Waals surface area contributed by atoms with Crippen molar-refractivity contribution in [3.63, 3.8) is 0 Å². The van der Waals surface area contributed by atoms with Crippen LogP contribution in [0.5, 0.6) is 0 Å². The number of carbonyl (C=O) groups excluding carboxylic acids is 3. The predicted octanol–water partition coefficient (Wildman–Crippen LogP) is 3.51. The SMILES string of the molecule is CC(=O)Nc1cccc(NC(=O)c2ccccc2SCC(=O)NC(C)C)c1. The summed E-state index contributed by atoms with van der Waals surface area (Å²) in [7, 11) is 0. The third-order valence-electron chi connectivity index (χ3n) is 3.38. The minimum atomic E-state index is -0.276. The van der Waals surface area contributed by atoms with Crippen molar-refractivity contribution in [2.75, 3.05) is 16.4 Å². The molecule has 2 aromatic rings. The molecule has 7 heteroatoms. The van der Waals surface area contributed by atoms with E-state index in [0.29, 0.717) is 16.9 Å². The standard InChI is InChI=1S/C20H23N3O3S/c1-13(2)21-19(25)12-27-18-10-5-4-9-17(18)20(26)23-16-8-6-7-15(11-16)22-14(3)24/h4-11,13H,12H2,1-3H3,(H,21,25)(H,22,24)(H,23,26). The summed E-state index contributed by atoms with van der Waals surface area (Å²) in [6.07, 6.45) is 0. The van der Waals surface area contributed by atoms with Gasteiger partial charge in [-0.05, 0) is 44.2 Å². The van der Waals surface area contributed by atoms with Crippen LogP contribution < -0.4 is 16.0 Å².